The standard InChI is InChI=1S/C14H11ClN4O/c1-17-10-3-5-13(18-8-10)14(20)19-12-4-2-9(7-16)6-11(12)15/h2-6,8,17H,1H3,(H,19,20). The molecule has 20 heavy (non-hydrogen) atoms. The largest absolute Gasteiger partial charge is 0.387 e. The Morgan fingerprint density at radius 3 is 2.70 bits per heavy atom. The van der Waals surface area contributed by atoms with Gasteiger partial charge in [0.25, 0.3) is 5.91 Å². The minimum Gasteiger partial charge on any atom is -0.387 e. The molecule has 0 unspecified atom stereocenters. The highest BCUT2D eigenvalue weighted by Crippen LogP contribution is 2.23. The van der Waals surface area contributed by atoms with Gasteiger partial charge >= 0.3 is 0 Å². The number of nitrogens with zero attached hydrogens (tertiary/aromatic N) is 2. The molecule has 1 aromatic carbocycles. The van der Waals surface area contributed by atoms with E-state index in [-0.39, 0.29) is 11.6 Å². The van der Waals surface area contributed by atoms with Crippen molar-refractivity contribution < 1.29 is 4.79 Å². The van der Waals surface area contributed by atoms with E-state index in [2.05, 4.69) is 15.6 Å². The predicted molar refractivity (Wildman–Crippen MR) is 77.9 cm³/mol. The number of hydrogen-bond donors (Lipinski definition) is 2. The zero-order valence-electron chi connectivity index (χ0n) is 10.6. The van der Waals surface area contributed by atoms with Gasteiger partial charge in [-0.2, -0.15) is 5.26 Å². The van der Waals surface area contributed by atoms with Gasteiger partial charge in [0.1, 0.15) is 5.69 Å². The molecule has 0 saturated carbocycles. The number of benzene rings is 1. The Bertz CT molecular complexity index is 677. The van der Waals surface area contributed by atoms with Crippen molar-refractivity contribution in [1.82, 2.24) is 4.98 Å². The Balaban J connectivity index is 2.17. The smallest absolute Gasteiger partial charge is 0.274 e. The van der Waals surface area contributed by atoms with Crippen molar-refractivity contribution in [3.8, 4) is 6.07 Å². The van der Waals surface area contributed by atoms with Gasteiger partial charge in [0.15, 0.2) is 0 Å². The summed E-state index contributed by atoms with van der Waals surface area (Å²) in [5.41, 5.74) is 1.97. The molecule has 0 aliphatic heterocycles. The molecule has 2 rings (SSSR count). The molecule has 0 fully saturated rings. The summed E-state index contributed by atoms with van der Waals surface area (Å²) in [6.45, 7) is 0. The van der Waals surface area contributed by atoms with Crippen LogP contribution in [0.15, 0.2) is 36.5 Å². The third-order valence-corrected chi connectivity index (χ3v) is 2.94. The van der Waals surface area contributed by atoms with Crippen LogP contribution in [-0.4, -0.2) is 17.9 Å². The molecular weight excluding hydrogens is 276 g/mol. The van der Waals surface area contributed by atoms with Crippen LogP contribution in [0.2, 0.25) is 5.02 Å². The monoisotopic (exact) mass is 286 g/mol. The number of halogens is 1. The van der Waals surface area contributed by atoms with E-state index in [0.29, 0.717) is 16.3 Å². The minimum absolute atomic E-state index is 0.282. The number of anilines is 2. The molecule has 1 aromatic heterocycles. The first-order chi connectivity index (χ1) is 9.63. The molecule has 0 radical (unpaired) electrons. The highest BCUT2D eigenvalue weighted by molar-refractivity contribution is 6.34. The third kappa shape index (κ3) is 3.05. The lowest BCUT2D eigenvalue weighted by Crippen LogP contribution is -2.14. The lowest BCUT2D eigenvalue weighted by molar-refractivity contribution is 0.102. The molecule has 2 aromatic rings. The number of amides is 1. The van der Waals surface area contributed by atoms with Crippen LogP contribution in [0.5, 0.6) is 0 Å². The minimum atomic E-state index is -0.362. The maximum Gasteiger partial charge on any atom is 0.274 e. The first kappa shape index (κ1) is 13.8. The van der Waals surface area contributed by atoms with Crippen molar-refractivity contribution in [2.45, 2.75) is 0 Å². The van der Waals surface area contributed by atoms with Crippen LogP contribution in [0.25, 0.3) is 0 Å². The van der Waals surface area contributed by atoms with E-state index in [1.807, 2.05) is 6.07 Å². The summed E-state index contributed by atoms with van der Waals surface area (Å²) in [6.07, 6.45) is 1.56. The number of rotatable bonds is 3. The average Bonchev–Trinajstić information content (AvgIpc) is 2.49. The van der Waals surface area contributed by atoms with Crippen molar-refractivity contribution in [3.05, 3.63) is 52.8 Å². The van der Waals surface area contributed by atoms with Crippen molar-refractivity contribution in [2.75, 3.05) is 17.7 Å². The van der Waals surface area contributed by atoms with Crippen LogP contribution < -0.4 is 10.6 Å². The number of pyridine rings is 1. The zero-order valence-corrected chi connectivity index (χ0v) is 11.4. The van der Waals surface area contributed by atoms with Gasteiger partial charge in [-0.25, -0.2) is 4.98 Å². The van der Waals surface area contributed by atoms with Gasteiger partial charge in [-0.05, 0) is 30.3 Å². The number of carbonyl (C=O) groups excluding carboxylic acids is 1. The number of nitrogens with one attached hydrogen (secondary N) is 2. The number of aromatic nitrogens is 1. The van der Waals surface area contributed by atoms with Crippen LogP contribution in [0.4, 0.5) is 11.4 Å². The van der Waals surface area contributed by atoms with Gasteiger partial charge in [-0.1, -0.05) is 11.6 Å². The van der Waals surface area contributed by atoms with Gasteiger partial charge in [0, 0.05) is 7.05 Å². The SMILES string of the molecule is CNc1ccc(C(=O)Nc2ccc(C#N)cc2Cl)nc1. The predicted octanol–water partition coefficient (Wildman–Crippen LogP) is 2.90. The van der Waals surface area contributed by atoms with Crippen molar-refractivity contribution in [2.24, 2.45) is 0 Å². The lowest BCUT2D eigenvalue weighted by atomic mass is 10.2. The van der Waals surface area contributed by atoms with Gasteiger partial charge in [0.2, 0.25) is 0 Å². The molecule has 0 aliphatic rings. The van der Waals surface area contributed by atoms with E-state index in [1.54, 1.807) is 37.5 Å². The lowest BCUT2D eigenvalue weighted by Gasteiger charge is -2.07. The molecule has 5 nitrogen and oxygen atoms in total. The number of hydrogen-bond acceptors (Lipinski definition) is 4. The van der Waals surface area contributed by atoms with Crippen LogP contribution in [0, 0.1) is 11.3 Å². The first-order valence-electron chi connectivity index (χ1n) is 5.79. The van der Waals surface area contributed by atoms with Crippen LogP contribution >= 0.6 is 11.6 Å². The van der Waals surface area contributed by atoms with E-state index >= 15 is 0 Å². The summed E-state index contributed by atoms with van der Waals surface area (Å²) in [7, 11) is 1.77. The molecule has 2 N–H and O–H groups in total. The van der Waals surface area contributed by atoms with E-state index in [1.165, 1.54) is 6.07 Å². The second-order valence-corrected chi connectivity index (χ2v) is 4.35. The molecule has 1 heterocycles. The fraction of sp³-hybridized carbons (Fsp3) is 0.0714. The Morgan fingerprint density at radius 2 is 2.15 bits per heavy atom. The second kappa shape index (κ2) is 6.04. The molecule has 0 aliphatic carbocycles. The highest BCUT2D eigenvalue weighted by atomic mass is 35.5. The van der Waals surface area contributed by atoms with Crippen LogP contribution in [-0.2, 0) is 0 Å². The second-order valence-electron chi connectivity index (χ2n) is 3.94. The van der Waals surface area contributed by atoms with E-state index < -0.39 is 0 Å². The molecule has 6 heteroatoms. The summed E-state index contributed by atoms with van der Waals surface area (Å²) in [5, 5.41) is 14.6. The van der Waals surface area contributed by atoms with E-state index in [0.717, 1.165) is 5.69 Å². The van der Waals surface area contributed by atoms with Crippen LogP contribution in [0.3, 0.4) is 0 Å². The summed E-state index contributed by atoms with van der Waals surface area (Å²) in [4.78, 5) is 16.0. The summed E-state index contributed by atoms with van der Waals surface area (Å²) in [6, 6.07) is 10.00. The Morgan fingerprint density at radius 1 is 1.35 bits per heavy atom. The van der Waals surface area contributed by atoms with Gasteiger partial charge in [-0.3, -0.25) is 4.79 Å². The number of carbonyl (C=O) groups is 1. The topological polar surface area (TPSA) is 77.8 Å². The first-order valence-corrected chi connectivity index (χ1v) is 6.16. The third-order valence-electron chi connectivity index (χ3n) is 2.63. The van der Waals surface area contributed by atoms with Gasteiger partial charge < -0.3 is 10.6 Å². The van der Waals surface area contributed by atoms with Crippen molar-refractivity contribution >= 4 is 28.9 Å². The van der Waals surface area contributed by atoms with Crippen molar-refractivity contribution in [3.63, 3.8) is 0 Å². The van der Waals surface area contributed by atoms with E-state index in [9.17, 15) is 4.79 Å². The van der Waals surface area contributed by atoms with Crippen molar-refractivity contribution in [1.29, 1.82) is 5.26 Å². The van der Waals surface area contributed by atoms with E-state index in [4.69, 9.17) is 16.9 Å². The molecular formula is C14H11ClN4O. The quantitative estimate of drug-likeness (QED) is 0.909. The fourth-order valence-corrected chi connectivity index (χ4v) is 1.78. The Kier molecular flexibility index (Phi) is 4.18. The zero-order chi connectivity index (χ0) is 14.5. The molecule has 0 bridgehead atoms. The average molecular weight is 287 g/mol. The Hall–Kier alpha value is -2.58. The molecule has 0 atom stereocenters. The normalized spacial score (nSPS) is 9.65. The summed E-state index contributed by atoms with van der Waals surface area (Å²) >= 11 is 5.99. The maximum atomic E-state index is 12.0. The van der Waals surface area contributed by atoms with Crippen LogP contribution in [0.1, 0.15) is 16.1 Å². The highest BCUT2D eigenvalue weighted by Gasteiger charge is 2.10. The molecule has 100 valence electrons. The summed E-state index contributed by atoms with van der Waals surface area (Å²) < 4.78 is 0. The fourth-order valence-electron chi connectivity index (χ4n) is 1.55. The van der Waals surface area contributed by atoms with Gasteiger partial charge in [0.05, 0.1) is 34.2 Å². The molecule has 0 spiro atoms. The molecule has 1 amide bonds. The summed E-state index contributed by atoms with van der Waals surface area (Å²) in [5.74, 6) is -0.362. The van der Waals surface area contributed by atoms with Gasteiger partial charge in [-0.15, -0.1) is 0 Å². The Labute approximate surface area is 121 Å². The maximum absolute atomic E-state index is 12.0. The number of nitriles is 1. The molecule has 0 saturated heterocycles.